The van der Waals surface area contributed by atoms with Crippen LogP contribution in [0.25, 0.3) is 5.52 Å². The highest BCUT2D eigenvalue weighted by atomic mass is 35.5. The Morgan fingerprint density at radius 2 is 2.31 bits per heavy atom. The van der Waals surface area contributed by atoms with Crippen LogP contribution in [0, 0.1) is 0 Å². The highest BCUT2D eigenvalue weighted by molar-refractivity contribution is 6.30. The molecule has 0 aliphatic rings. The van der Waals surface area contributed by atoms with E-state index < -0.39 is 5.97 Å². The molecule has 13 heavy (non-hydrogen) atoms. The van der Waals surface area contributed by atoms with Crippen LogP contribution in [0.4, 0.5) is 0 Å². The summed E-state index contributed by atoms with van der Waals surface area (Å²) in [5, 5.41) is 9.16. The molecule has 2 aromatic heterocycles. The van der Waals surface area contributed by atoms with Gasteiger partial charge in [-0.25, -0.2) is 9.78 Å². The number of halogens is 1. The van der Waals surface area contributed by atoms with Gasteiger partial charge >= 0.3 is 5.97 Å². The highest BCUT2D eigenvalue weighted by Crippen LogP contribution is 2.14. The topological polar surface area (TPSA) is 54.6 Å². The number of rotatable bonds is 1. The van der Waals surface area contributed by atoms with E-state index in [1.165, 1.54) is 12.4 Å². The summed E-state index contributed by atoms with van der Waals surface area (Å²) in [6, 6.07) is 4.88. The number of carbonyl (C=O) groups is 1. The number of hydrogen-bond donors (Lipinski definition) is 1. The zero-order chi connectivity index (χ0) is 9.42. The maximum atomic E-state index is 10.5. The van der Waals surface area contributed by atoms with E-state index in [0.717, 1.165) is 5.52 Å². The predicted molar refractivity (Wildman–Crippen MR) is 47.2 cm³/mol. The average Bonchev–Trinajstić information content (AvgIpc) is 2.47. The Balaban J connectivity index is 2.70. The maximum absolute atomic E-state index is 10.5. The molecule has 2 aromatic rings. The number of nitrogens with zero attached hydrogens (tertiary/aromatic N) is 2. The highest BCUT2D eigenvalue weighted by Gasteiger charge is 2.06. The van der Waals surface area contributed by atoms with Gasteiger partial charge in [0.05, 0.1) is 5.52 Å². The van der Waals surface area contributed by atoms with E-state index in [2.05, 4.69) is 4.98 Å². The molecule has 0 bridgehead atoms. The zero-order valence-corrected chi connectivity index (χ0v) is 7.19. The number of aromatic carboxylic acids is 1. The van der Waals surface area contributed by atoms with E-state index in [0.29, 0.717) is 5.15 Å². The molecule has 4 nitrogen and oxygen atoms in total. The Morgan fingerprint density at radius 3 is 3.00 bits per heavy atom. The summed E-state index contributed by atoms with van der Waals surface area (Å²) < 4.78 is 1.61. The van der Waals surface area contributed by atoms with E-state index in [4.69, 9.17) is 16.7 Å². The van der Waals surface area contributed by atoms with Gasteiger partial charge in [-0.3, -0.25) is 4.40 Å². The van der Waals surface area contributed by atoms with Crippen molar-refractivity contribution in [3.8, 4) is 0 Å². The summed E-state index contributed by atoms with van der Waals surface area (Å²) in [5.41, 5.74) is 0.736. The number of hydrogen-bond acceptors (Lipinski definition) is 2. The molecule has 0 fully saturated rings. The lowest BCUT2D eigenvalue weighted by Crippen LogP contribution is -2.01. The summed E-state index contributed by atoms with van der Waals surface area (Å²) in [5.74, 6) is -1.04. The first kappa shape index (κ1) is 8.07. The van der Waals surface area contributed by atoms with Crippen molar-refractivity contribution < 1.29 is 9.90 Å². The van der Waals surface area contributed by atoms with Crippen molar-refractivity contribution in [1.29, 1.82) is 0 Å². The second-order valence-electron chi connectivity index (χ2n) is 2.53. The van der Waals surface area contributed by atoms with Crippen molar-refractivity contribution in [2.75, 3.05) is 0 Å². The lowest BCUT2D eigenvalue weighted by Gasteiger charge is -1.96. The van der Waals surface area contributed by atoms with Crippen molar-refractivity contribution in [1.82, 2.24) is 9.38 Å². The SMILES string of the molecule is O=C(O)c1cc2ccc(Cl)n2cn1. The van der Waals surface area contributed by atoms with Gasteiger partial charge in [-0.2, -0.15) is 0 Å². The standard InChI is InChI=1S/C8H5ClN2O2/c9-7-2-1-5-3-6(8(12)13)10-4-11(5)7/h1-4H,(H,12,13). The zero-order valence-electron chi connectivity index (χ0n) is 6.44. The third-order valence-corrected chi connectivity index (χ3v) is 2.02. The van der Waals surface area contributed by atoms with Crippen molar-refractivity contribution in [2.45, 2.75) is 0 Å². The summed E-state index contributed by atoms with van der Waals surface area (Å²) in [6.45, 7) is 0. The molecule has 0 saturated carbocycles. The summed E-state index contributed by atoms with van der Waals surface area (Å²) in [4.78, 5) is 14.3. The normalized spacial score (nSPS) is 10.5. The molecule has 5 heteroatoms. The van der Waals surface area contributed by atoms with Crippen molar-refractivity contribution in [3.05, 3.63) is 35.4 Å². The van der Waals surface area contributed by atoms with Crippen molar-refractivity contribution >= 4 is 23.1 Å². The summed E-state index contributed by atoms with van der Waals surface area (Å²) >= 11 is 5.78. The first-order chi connectivity index (χ1) is 6.18. The summed E-state index contributed by atoms with van der Waals surface area (Å²) in [7, 11) is 0. The Bertz CT molecular complexity index is 478. The van der Waals surface area contributed by atoms with Crippen LogP contribution in [0.1, 0.15) is 10.5 Å². The van der Waals surface area contributed by atoms with Gasteiger partial charge in [0.1, 0.15) is 11.5 Å². The Labute approximate surface area is 78.4 Å². The monoisotopic (exact) mass is 196 g/mol. The fraction of sp³-hybridized carbons (Fsp3) is 0. The summed E-state index contributed by atoms with van der Waals surface area (Å²) in [6.07, 6.45) is 1.39. The lowest BCUT2D eigenvalue weighted by atomic mass is 10.3. The Hall–Kier alpha value is -1.55. The van der Waals surface area contributed by atoms with Crippen LogP contribution in [-0.2, 0) is 0 Å². The number of carboxylic acid groups (broad SMARTS) is 1. The lowest BCUT2D eigenvalue weighted by molar-refractivity contribution is 0.0690. The third kappa shape index (κ3) is 1.25. The molecule has 1 N–H and O–H groups in total. The average molecular weight is 197 g/mol. The quantitative estimate of drug-likeness (QED) is 0.755. The van der Waals surface area contributed by atoms with E-state index in [9.17, 15) is 4.79 Å². The van der Waals surface area contributed by atoms with Crippen LogP contribution in [0.3, 0.4) is 0 Å². The van der Waals surface area contributed by atoms with E-state index in [1.807, 2.05) is 0 Å². The van der Waals surface area contributed by atoms with Gasteiger partial charge in [0.25, 0.3) is 0 Å². The van der Waals surface area contributed by atoms with E-state index in [-0.39, 0.29) is 5.69 Å². The maximum Gasteiger partial charge on any atom is 0.354 e. The molecule has 0 aliphatic carbocycles. The second-order valence-corrected chi connectivity index (χ2v) is 2.92. The van der Waals surface area contributed by atoms with Gasteiger partial charge in [-0.05, 0) is 18.2 Å². The molecule has 0 radical (unpaired) electrons. The third-order valence-electron chi connectivity index (χ3n) is 1.72. The van der Waals surface area contributed by atoms with Crippen LogP contribution < -0.4 is 0 Å². The van der Waals surface area contributed by atoms with Crippen LogP contribution in [-0.4, -0.2) is 20.5 Å². The van der Waals surface area contributed by atoms with E-state index in [1.54, 1.807) is 16.5 Å². The minimum absolute atomic E-state index is 0.0160. The van der Waals surface area contributed by atoms with Crippen LogP contribution >= 0.6 is 11.6 Å². The first-order valence-electron chi connectivity index (χ1n) is 3.54. The first-order valence-corrected chi connectivity index (χ1v) is 3.92. The van der Waals surface area contributed by atoms with Gasteiger partial charge < -0.3 is 5.11 Å². The van der Waals surface area contributed by atoms with Crippen molar-refractivity contribution in [3.63, 3.8) is 0 Å². The number of fused-ring (bicyclic) bond motifs is 1. The molecule has 66 valence electrons. The molecule has 0 atom stereocenters. The number of carboxylic acids is 1. The van der Waals surface area contributed by atoms with Crippen LogP contribution in [0.15, 0.2) is 24.5 Å². The minimum atomic E-state index is -1.04. The molecule has 0 aliphatic heterocycles. The van der Waals surface area contributed by atoms with Crippen LogP contribution in [0.5, 0.6) is 0 Å². The molecular weight excluding hydrogens is 192 g/mol. The Kier molecular flexibility index (Phi) is 1.70. The fourth-order valence-electron chi connectivity index (χ4n) is 1.09. The minimum Gasteiger partial charge on any atom is -0.477 e. The molecule has 0 aromatic carbocycles. The Morgan fingerprint density at radius 1 is 1.54 bits per heavy atom. The molecular formula is C8H5ClN2O2. The molecule has 0 unspecified atom stereocenters. The molecule has 0 amide bonds. The molecule has 2 heterocycles. The smallest absolute Gasteiger partial charge is 0.354 e. The number of aromatic nitrogens is 2. The second kappa shape index (κ2) is 2.74. The molecule has 0 saturated heterocycles. The van der Waals surface area contributed by atoms with Crippen molar-refractivity contribution in [2.24, 2.45) is 0 Å². The largest absolute Gasteiger partial charge is 0.477 e. The van der Waals surface area contributed by atoms with E-state index >= 15 is 0 Å². The van der Waals surface area contributed by atoms with Gasteiger partial charge in [-0.1, -0.05) is 11.6 Å². The van der Waals surface area contributed by atoms with Gasteiger partial charge in [0.15, 0.2) is 5.69 Å². The predicted octanol–water partition coefficient (Wildman–Crippen LogP) is 1.69. The molecule has 0 spiro atoms. The molecule has 2 rings (SSSR count). The van der Waals surface area contributed by atoms with Gasteiger partial charge in [0.2, 0.25) is 0 Å². The fourth-order valence-corrected chi connectivity index (χ4v) is 1.30. The van der Waals surface area contributed by atoms with Gasteiger partial charge in [0, 0.05) is 0 Å². The van der Waals surface area contributed by atoms with Gasteiger partial charge in [-0.15, -0.1) is 0 Å². The van der Waals surface area contributed by atoms with Crippen LogP contribution in [0.2, 0.25) is 5.15 Å².